The lowest BCUT2D eigenvalue weighted by molar-refractivity contribution is -0.147. The normalized spacial score (nSPS) is 32.3. The van der Waals surface area contributed by atoms with Crippen LogP contribution in [-0.4, -0.2) is 59.3 Å². The molecule has 1 aromatic rings. The summed E-state index contributed by atoms with van der Waals surface area (Å²) in [5, 5.41) is 11.6. The van der Waals surface area contributed by atoms with Crippen LogP contribution in [0, 0.1) is 57.8 Å². The fourth-order valence-electron chi connectivity index (χ4n) is 8.92. The van der Waals surface area contributed by atoms with Gasteiger partial charge in [0.2, 0.25) is 23.4 Å². The summed E-state index contributed by atoms with van der Waals surface area (Å²) in [7, 11) is 0. The van der Waals surface area contributed by atoms with Crippen LogP contribution in [0.2, 0.25) is 0 Å². The Hall–Kier alpha value is -3.18. The van der Waals surface area contributed by atoms with Gasteiger partial charge in [-0.1, -0.05) is 0 Å². The minimum atomic E-state index is -1.85. The minimum Gasteiger partial charge on any atom is -0.481 e. The molecule has 2 N–H and O–H groups in total. The molecule has 0 aromatic heterocycles. The minimum absolute atomic E-state index is 0.0169. The Kier molecular flexibility index (Phi) is 6.80. The number of carboxylic acid groups (broad SMARTS) is 1. The fraction of sp³-hybridized carbons (Fsp3) is 0.655. The number of carbonyl (C=O) groups excluding carboxylic acids is 3. The summed E-state index contributed by atoms with van der Waals surface area (Å²) >= 11 is 0. The van der Waals surface area contributed by atoms with Crippen molar-refractivity contribution < 1.29 is 46.6 Å². The molecule has 1 aliphatic heterocycles. The third-order valence-electron chi connectivity index (χ3n) is 10.6. The third-order valence-corrected chi connectivity index (χ3v) is 10.6. The molecule has 6 rings (SSSR count). The molecule has 6 atom stereocenters. The van der Waals surface area contributed by atoms with Crippen molar-refractivity contribution in [2.45, 2.75) is 63.8 Å². The van der Waals surface area contributed by atoms with Gasteiger partial charge in [0.05, 0.1) is 11.8 Å². The van der Waals surface area contributed by atoms with E-state index in [4.69, 9.17) is 0 Å². The highest BCUT2D eigenvalue weighted by molar-refractivity contribution is 5.93. The molecule has 4 saturated carbocycles. The number of piperidine rings is 1. The number of likely N-dealkylation sites (tertiary alicyclic amines) is 1. The number of amides is 2. The second-order valence-electron chi connectivity index (χ2n) is 12.8. The van der Waals surface area contributed by atoms with E-state index in [-0.39, 0.29) is 17.4 Å². The SMILES string of the molecule is O=C(O)C[C@H](NC(=O)C1CCN(C(=O)C23CC4CC5CC(C2)C5(C4)C3)CC1)C(=O)COc1c(F)c(F)cc(F)c1F. The average Bonchev–Trinajstić information content (AvgIpc) is 3.25. The molecule has 1 aromatic carbocycles. The molecule has 8 nitrogen and oxygen atoms in total. The third kappa shape index (κ3) is 4.57. The zero-order valence-electron chi connectivity index (χ0n) is 22.4. The predicted octanol–water partition coefficient (Wildman–Crippen LogP) is 3.61. The molecule has 3 bridgehead atoms. The molecule has 5 unspecified atom stereocenters. The lowest BCUT2D eigenvalue weighted by atomic mass is 9.55. The summed E-state index contributed by atoms with van der Waals surface area (Å²) < 4.78 is 59.3. The van der Waals surface area contributed by atoms with Crippen molar-refractivity contribution in [3.05, 3.63) is 29.3 Å². The van der Waals surface area contributed by atoms with Crippen molar-refractivity contribution in [2.75, 3.05) is 19.7 Å². The largest absolute Gasteiger partial charge is 0.481 e. The van der Waals surface area contributed by atoms with Crippen LogP contribution in [0.5, 0.6) is 5.75 Å². The number of benzene rings is 1. The van der Waals surface area contributed by atoms with Gasteiger partial charge in [-0.25, -0.2) is 8.78 Å². The average molecular weight is 581 g/mol. The molecular formula is C29H32F4N2O6. The molecule has 12 heteroatoms. The molecule has 5 fully saturated rings. The smallest absolute Gasteiger partial charge is 0.305 e. The molecule has 2 amide bonds. The van der Waals surface area contributed by atoms with E-state index >= 15 is 0 Å². The van der Waals surface area contributed by atoms with Gasteiger partial charge < -0.3 is 20.1 Å². The first-order valence-corrected chi connectivity index (χ1v) is 14.2. The number of hydrogen-bond acceptors (Lipinski definition) is 5. The number of Topliss-reactive ketones (excluding diaryl/α,β-unsaturated/α-hetero) is 1. The van der Waals surface area contributed by atoms with Crippen molar-refractivity contribution in [3.8, 4) is 5.75 Å². The van der Waals surface area contributed by atoms with Gasteiger partial charge >= 0.3 is 5.97 Å². The van der Waals surface area contributed by atoms with E-state index in [1.807, 2.05) is 4.90 Å². The number of ether oxygens (including phenoxy) is 1. The zero-order valence-corrected chi connectivity index (χ0v) is 22.4. The Morgan fingerprint density at radius 2 is 1.68 bits per heavy atom. The number of ketones is 1. The summed E-state index contributed by atoms with van der Waals surface area (Å²) in [4.78, 5) is 52.6. The van der Waals surface area contributed by atoms with Crippen molar-refractivity contribution in [1.82, 2.24) is 10.2 Å². The summed E-state index contributed by atoms with van der Waals surface area (Å²) in [6.45, 7) is -0.363. The van der Waals surface area contributed by atoms with Crippen LogP contribution in [0.1, 0.15) is 57.8 Å². The van der Waals surface area contributed by atoms with Gasteiger partial charge in [0.15, 0.2) is 23.2 Å². The summed E-state index contributed by atoms with van der Waals surface area (Å²) in [5.74, 6) is -9.96. The van der Waals surface area contributed by atoms with E-state index in [1.54, 1.807) is 0 Å². The van der Waals surface area contributed by atoms with E-state index < -0.39 is 71.7 Å². The van der Waals surface area contributed by atoms with Gasteiger partial charge in [-0.3, -0.25) is 19.2 Å². The molecule has 41 heavy (non-hydrogen) atoms. The highest BCUT2D eigenvalue weighted by Crippen LogP contribution is 2.79. The fourth-order valence-corrected chi connectivity index (χ4v) is 8.92. The lowest BCUT2D eigenvalue weighted by Gasteiger charge is -2.49. The molecule has 222 valence electrons. The topological polar surface area (TPSA) is 113 Å². The number of halogens is 4. The molecule has 1 saturated heterocycles. The standard InChI is InChI=1S/C29H32F4N2O6/c30-18-7-19(31)24(33)25(23(18)32)41-12-21(36)20(8-22(37)38)34-26(39)15-1-3-35(4-2-15)27(40)28-9-14-5-16-6-17(11-28)29(16,10-14)13-28/h7,14-17,20H,1-6,8-13H2,(H,34,39)(H,37,38)/t14?,16?,17?,20-,28?,29?/m0/s1. The number of hydrogen-bond donors (Lipinski definition) is 2. The molecule has 0 radical (unpaired) electrons. The Balaban J connectivity index is 1.05. The highest BCUT2D eigenvalue weighted by atomic mass is 19.2. The van der Waals surface area contributed by atoms with Crippen LogP contribution in [0.15, 0.2) is 6.07 Å². The zero-order chi connectivity index (χ0) is 29.3. The number of aliphatic carboxylic acids is 1. The van der Waals surface area contributed by atoms with Crippen LogP contribution >= 0.6 is 0 Å². The number of fused-ring (bicyclic) bond motifs is 2. The van der Waals surface area contributed by atoms with Crippen molar-refractivity contribution >= 4 is 23.6 Å². The number of nitrogens with zero attached hydrogens (tertiary/aromatic N) is 1. The van der Waals surface area contributed by atoms with Gasteiger partial charge in [0.25, 0.3) is 0 Å². The first-order valence-electron chi connectivity index (χ1n) is 14.2. The van der Waals surface area contributed by atoms with Crippen LogP contribution in [0.4, 0.5) is 17.6 Å². The van der Waals surface area contributed by atoms with Crippen LogP contribution in [0.25, 0.3) is 0 Å². The Morgan fingerprint density at radius 1 is 1.00 bits per heavy atom. The number of carbonyl (C=O) groups is 4. The van der Waals surface area contributed by atoms with Gasteiger partial charge in [-0.05, 0) is 74.5 Å². The van der Waals surface area contributed by atoms with Crippen molar-refractivity contribution in [2.24, 2.45) is 34.5 Å². The molecular weight excluding hydrogens is 548 g/mol. The van der Waals surface area contributed by atoms with Gasteiger partial charge in [-0.15, -0.1) is 0 Å². The second-order valence-corrected chi connectivity index (χ2v) is 12.8. The van der Waals surface area contributed by atoms with Crippen molar-refractivity contribution in [3.63, 3.8) is 0 Å². The summed E-state index contributed by atoms with van der Waals surface area (Å²) in [6.07, 6.45) is 6.54. The molecule has 4 aliphatic carbocycles. The maximum atomic E-state index is 13.9. The van der Waals surface area contributed by atoms with E-state index in [9.17, 15) is 41.8 Å². The monoisotopic (exact) mass is 580 g/mol. The second kappa shape index (κ2) is 9.97. The maximum Gasteiger partial charge on any atom is 0.305 e. The maximum absolute atomic E-state index is 13.9. The van der Waals surface area contributed by atoms with Crippen molar-refractivity contribution in [1.29, 1.82) is 0 Å². The van der Waals surface area contributed by atoms with Crippen LogP contribution in [-0.2, 0) is 19.2 Å². The molecule has 1 heterocycles. The quantitative estimate of drug-likeness (QED) is 0.341. The Morgan fingerprint density at radius 3 is 2.34 bits per heavy atom. The van der Waals surface area contributed by atoms with Crippen LogP contribution < -0.4 is 10.1 Å². The molecule has 1 spiro atoms. The van der Waals surface area contributed by atoms with E-state index in [2.05, 4.69) is 10.1 Å². The predicted molar refractivity (Wildman–Crippen MR) is 133 cm³/mol. The van der Waals surface area contributed by atoms with Crippen LogP contribution in [0.3, 0.4) is 0 Å². The van der Waals surface area contributed by atoms with Gasteiger partial charge in [0, 0.05) is 25.1 Å². The van der Waals surface area contributed by atoms with Gasteiger partial charge in [0.1, 0.15) is 12.6 Å². The summed E-state index contributed by atoms with van der Waals surface area (Å²) in [5.41, 5.74) is 0.100. The van der Waals surface area contributed by atoms with E-state index in [0.717, 1.165) is 25.2 Å². The van der Waals surface area contributed by atoms with Gasteiger partial charge in [-0.2, -0.15) is 8.78 Å². The number of nitrogens with one attached hydrogen (secondary N) is 1. The lowest BCUT2D eigenvalue weighted by Crippen LogP contribution is -2.51. The Bertz CT molecular complexity index is 1290. The first kappa shape index (κ1) is 28.0. The first-order chi connectivity index (χ1) is 19.4. The van der Waals surface area contributed by atoms with E-state index in [1.165, 1.54) is 19.3 Å². The summed E-state index contributed by atoms with van der Waals surface area (Å²) in [6, 6.07) is -1.61. The van der Waals surface area contributed by atoms with E-state index in [0.29, 0.717) is 43.2 Å². The number of carboxylic acids is 1. The molecule has 5 aliphatic rings. The highest BCUT2D eigenvalue weighted by Gasteiger charge is 2.72. The Labute approximate surface area is 233 Å². The number of rotatable bonds is 9.